The van der Waals surface area contributed by atoms with Gasteiger partial charge >= 0.3 is 0 Å². The molecule has 24 heavy (non-hydrogen) atoms. The first-order chi connectivity index (χ1) is 11.5. The molecule has 0 spiro atoms. The van der Waals surface area contributed by atoms with Crippen LogP contribution in [0.2, 0.25) is 0 Å². The molecular weight excluding hydrogens is 345 g/mol. The van der Waals surface area contributed by atoms with Crippen molar-refractivity contribution in [3.05, 3.63) is 51.5 Å². The average molecular weight is 365 g/mol. The van der Waals surface area contributed by atoms with E-state index in [0.717, 1.165) is 19.3 Å². The number of nitrogens with one attached hydrogen (secondary N) is 3. The van der Waals surface area contributed by atoms with Crippen molar-refractivity contribution in [1.29, 1.82) is 0 Å². The number of aryl methyl sites for hydroxylation is 2. The number of benzene rings is 1. The predicted octanol–water partition coefficient (Wildman–Crippen LogP) is 4.03. The molecule has 0 fully saturated rings. The van der Waals surface area contributed by atoms with Crippen LogP contribution in [-0.4, -0.2) is 11.0 Å². The van der Waals surface area contributed by atoms with Crippen LogP contribution in [0, 0.1) is 5.82 Å². The third kappa shape index (κ3) is 4.75. The summed E-state index contributed by atoms with van der Waals surface area (Å²) in [5.74, 6) is -0.669. The number of amides is 1. The van der Waals surface area contributed by atoms with Crippen molar-refractivity contribution in [2.24, 2.45) is 0 Å². The summed E-state index contributed by atoms with van der Waals surface area (Å²) in [5.41, 5.74) is 6.59. The van der Waals surface area contributed by atoms with Crippen LogP contribution in [-0.2, 0) is 12.8 Å². The van der Waals surface area contributed by atoms with Crippen molar-refractivity contribution in [3.8, 4) is 0 Å². The largest absolute Gasteiger partial charge is 0.329 e. The Morgan fingerprint density at radius 3 is 2.67 bits per heavy atom. The number of rotatable bonds is 5. The van der Waals surface area contributed by atoms with E-state index in [1.807, 2.05) is 6.07 Å². The van der Waals surface area contributed by atoms with Crippen LogP contribution < -0.4 is 16.2 Å². The van der Waals surface area contributed by atoms with Crippen molar-refractivity contribution >= 4 is 40.3 Å². The van der Waals surface area contributed by atoms with Crippen LogP contribution >= 0.6 is 23.6 Å². The first kappa shape index (κ1) is 18.4. The van der Waals surface area contributed by atoms with Crippen molar-refractivity contribution < 1.29 is 9.18 Å². The lowest BCUT2D eigenvalue weighted by Crippen LogP contribution is -2.43. The van der Waals surface area contributed by atoms with E-state index in [1.54, 1.807) is 18.2 Å². The lowest BCUT2D eigenvalue weighted by atomic mass is 10.1. The van der Waals surface area contributed by atoms with Crippen LogP contribution in [0.4, 0.5) is 10.1 Å². The minimum absolute atomic E-state index is 0.120. The Kier molecular flexibility index (Phi) is 6.69. The summed E-state index contributed by atoms with van der Waals surface area (Å²) in [7, 11) is 0. The molecule has 0 aliphatic rings. The second kappa shape index (κ2) is 8.75. The van der Waals surface area contributed by atoms with Crippen LogP contribution in [0.25, 0.3) is 0 Å². The molecule has 1 amide bonds. The Bertz CT molecular complexity index is 730. The molecule has 0 saturated heterocycles. The molecule has 0 atom stereocenters. The number of carbonyl (C=O) groups excluding carboxylic acids is 1. The van der Waals surface area contributed by atoms with Gasteiger partial charge in [0.15, 0.2) is 5.11 Å². The van der Waals surface area contributed by atoms with E-state index in [4.69, 9.17) is 12.2 Å². The summed E-state index contributed by atoms with van der Waals surface area (Å²) in [5, 5.41) is 2.82. The fourth-order valence-corrected chi connectivity index (χ4v) is 3.62. The fraction of sp³-hybridized carbons (Fsp3) is 0.294. The third-order valence-electron chi connectivity index (χ3n) is 3.39. The summed E-state index contributed by atoms with van der Waals surface area (Å²) in [6, 6.07) is 8.10. The highest BCUT2D eigenvalue weighted by molar-refractivity contribution is 7.80. The summed E-state index contributed by atoms with van der Waals surface area (Å²) >= 11 is 6.56. The number of halogens is 1. The molecule has 0 bridgehead atoms. The van der Waals surface area contributed by atoms with Gasteiger partial charge in [0, 0.05) is 4.88 Å². The van der Waals surface area contributed by atoms with Gasteiger partial charge in [0.25, 0.3) is 5.91 Å². The number of carbonyl (C=O) groups is 1. The van der Waals surface area contributed by atoms with E-state index in [9.17, 15) is 9.18 Å². The van der Waals surface area contributed by atoms with Gasteiger partial charge in [-0.15, -0.1) is 11.3 Å². The smallest absolute Gasteiger partial charge is 0.279 e. The highest BCUT2D eigenvalue weighted by Gasteiger charge is 2.13. The van der Waals surface area contributed by atoms with E-state index in [2.05, 4.69) is 30.0 Å². The van der Waals surface area contributed by atoms with Crippen LogP contribution in [0.5, 0.6) is 0 Å². The fourth-order valence-electron chi connectivity index (χ4n) is 2.21. The maximum absolute atomic E-state index is 13.5. The number of para-hydroxylation sites is 1. The molecule has 128 valence electrons. The summed E-state index contributed by atoms with van der Waals surface area (Å²) < 4.78 is 13.5. The molecule has 2 aromatic rings. The molecule has 1 aromatic heterocycles. The zero-order valence-corrected chi connectivity index (χ0v) is 15.2. The number of thiophene rings is 1. The van der Waals surface area contributed by atoms with Crippen molar-refractivity contribution in [2.75, 3.05) is 5.32 Å². The number of hydrogen-bond donors (Lipinski definition) is 3. The lowest BCUT2D eigenvalue weighted by molar-refractivity contribution is 0.0948. The molecule has 1 heterocycles. The standard InChI is InChI=1S/C17H20FN3OS2/c1-3-7-14-11(4-2)10-15(24-14)16(22)20-21-17(23)19-13-9-6-5-8-12(13)18/h5-6,8-10H,3-4,7H2,1-2H3,(H,20,22)(H2,19,21,23). The van der Waals surface area contributed by atoms with Gasteiger partial charge in [0.2, 0.25) is 0 Å². The summed E-state index contributed by atoms with van der Waals surface area (Å²) in [6.45, 7) is 4.20. The van der Waals surface area contributed by atoms with Crippen LogP contribution in [0.1, 0.15) is 40.4 Å². The molecular formula is C17H20FN3OS2. The van der Waals surface area contributed by atoms with Crippen molar-refractivity contribution in [3.63, 3.8) is 0 Å². The van der Waals surface area contributed by atoms with Gasteiger partial charge in [-0.2, -0.15) is 0 Å². The lowest BCUT2D eigenvalue weighted by Gasteiger charge is -2.11. The topological polar surface area (TPSA) is 53.2 Å². The normalized spacial score (nSPS) is 10.3. The highest BCUT2D eigenvalue weighted by Crippen LogP contribution is 2.24. The van der Waals surface area contributed by atoms with Gasteiger partial charge in [-0.25, -0.2) is 4.39 Å². The monoisotopic (exact) mass is 365 g/mol. The molecule has 4 nitrogen and oxygen atoms in total. The SMILES string of the molecule is CCCc1sc(C(=O)NNC(=S)Nc2ccccc2F)cc1CC. The second-order valence-corrected chi connectivity index (χ2v) is 6.72. The number of thiocarbonyl (C=S) groups is 1. The molecule has 0 unspecified atom stereocenters. The van der Waals surface area contributed by atoms with E-state index >= 15 is 0 Å². The number of anilines is 1. The number of hydrazine groups is 1. The maximum Gasteiger partial charge on any atom is 0.279 e. The molecule has 0 radical (unpaired) electrons. The van der Waals surface area contributed by atoms with Crippen LogP contribution in [0.15, 0.2) is 30.3 Å². The van der Waals surface area contributed by atoms with Gasteiger partial charge in [-0.3, -0.25) is 15.6 Å². The predicted molar refractivity (Wildman–Crippen MR) is 101 cm³/mol. The first-order valence-corrected chi connectivity index (χ1v) is 9.01. The number of hydrogen-bond acceptors (Lipinski definition) is 3. The molecule has 1 aromatic carbocycles. The van der Waals surface area contributed by atoms with Gasteiger partial charge in [-0.1, -0.05) is 32.4 Å². The Balaban J connectivity index is 1.93. The Labute approximate surface area is 150 Å². The van der Waals surface area contributed by atoms with Gasteiger partial charge in [-0.05, 0) is 48.8 Å². The van der Waals surface area contributed by atoms with E-state index in [1.165, 1.54) is 27.8 Å². The Morgan fingerprint density at radius 1 is 1.25 bits per heavy atom. The first-order valence-electron chi connectivity index (χ1n) is 7.78. The molecule has 0 aliphatic carbocycles. The van der Waals surface area contributed by atoms with Gasteiger partial charge < -0.3 is 5.32 Å². The molecule has 0 aliphatic heterocycles. The quantitative estimate of drug-likeness (QED) is 0.553. The van der Waals surface area contributed by atoms with E-state index in [0.29, 0.717) is 4.88 Å². The van der Waals surface area contributed by atoms with Crippen molar-refractivity contribution in [2.45, 2.75) is 33.1 Å². The average Bonchev–Trinajstić information content (AvgIpc) is 2.98. The highest BCUT2D eigenvalue weighted by atomic mass is 32.1. The molecule has 0 saturated carbocycles. The van der Waals surface area contributed by atoms with Crippen LogP contribution in [0.3, 0.4) is 0 Å². The maximum atomic E-state index is 13.5. The third-order valence-corrected chi connectivity index (χ3v) is 4.83. The zero-order chi connectivity index (χ0) is 17.5. The molecule has 2 rings (SSSR count). The Hall–Kier alpha value is -1.99. The summed E-state index contributed by atoms with van der Waals surface area (Å²) in [4.78, 5) is 14.1. The minimum atomic E-state index is -0.414. The van der Waals surface area contributed by atoms with E-state index < -0.39 is 5.82 Å². The second-order valence-electron chi connectivity index (χ2n) is 5.18. The van der Waals surface area contributed by atoms with Gasteiger partial charge in [0.05, 0.1) is 10.6 Å². The van der Waals surface area contributed by atoms with Crippen molar-refractivity contribution in [1.82, 2.24) is 10.9 Å². The molecule has 7 heteroatoms. The zero-order valence-electron chi connectivity index (χ0n) is 13.6. The molecule has 3 N–H and O–H groups in total. The Morgan fingerprint density at radius 2 is 2.00 bits per heavy atom. The van der Waals surface area contributed by atoms with Gasteiger partial charge in [0.1, 0.15) is 5.82 Å². The summed E-state index contributed by atoms with van der Waals surface area (Å²) in [6.07, 6.45) is 2.92. The van der Waals surface area contributed by atoms with E-state index in [-0.39, 0.29) is 16.7 Å². The minimum Gasteiger partial charge on any atom is -0.329 e.